The molecule has 1 N–H and O–H groups in total. The van der Waals surface area contributed by atoms with Crippen LogP contribution in [-0.2, 0) is 13.6 Å². The average molecular weight is 333 g/mol. The standard InChI is InChI=1S/C18H27N3O3/c1-11(16-12(2)20-21(4)13(16)3)19-10-14-8-9-15(22-5)18(24-7)17(14)23-6/h8-9,11,19H,10H2,1-7H3. The molecule has 24 heavy (non-hydrogen) atoms. The lowest BCUT2D eigenvalue weighted by molar-refractivity contribution is 0.321. The molecule has 1 atom stereocenters. The van der Waals surface area contributed by atoms with Gasteiger partial charge < -0.3 is 19.5 Å². The molecule has 1 heterocycles. The second kappa shape index (κ2) is 7.57. The van der Waals surface area contributed by atoms with Gasteiger partial charge in [-0.25, -0.2) is 0 Å². The van der Waals surface area contributed by atoms with Crippen molar-refractivity contribution in [2.45, 2.75) is 33.4 Å². The summed E-state index contributed by atoms with van der Waals surface area (Å²) in [5.74, 6) is 1.96. The fourth-order valence-corrected chi connectivity index (χ4v) is 3.08. The maximum atomic E-state index is 5.54. The molecule has 0 fully saturated rings. The van der Waals surface area contributed by atoms with E-state index < -0.39 is 0 Å². The molecule has 0 aliphatic rings. The first-order valence-corrected chi connectivity index (χ1v) is 7.95. The molecule has 1 aromatic carbocycles. The maximum Gasteiger partial charge on any atom is 0.203 e. The molecule has 2 rings (SSSR count). The van der Waals surface area contributed by atoms with Gasteiger partial charge in [-0.05, 0) is 26.8 Å². The molecule has 0 saturated heterocycles. The molecule has 1 unspecified atom stereocenters. The largest absolute Gasteiger partial charge is 0.493 e. The van der Waals surface area contributed by atoms with E-state index in [1.54, 1.807) is 21.3 Å². The number of benzene rings is 1. The summed E-state index contributed by atoms with van der Waals surface area (Å²) in [7, 11) is 6.84. The monoisotopic (exact) mass is 333 g/mol. The summed E-state index contributed by atoms with van der Waals surface area (Å²) < 4.78 is 18.2. The van der Waals surface area contributed by atoms with E-state index in [4.69, 9.17) is 14.2 Å². The SMILES string of the molecule is COc1ccc(CNC(C)c2c(C)nn(C)c2C)c(OC)c1OC. The minimum Gasteiger partial charge on any atom is -0.493 e. The molecular weight excluding hydrogens is 306 g/mol. The van der Waals surface area contributed by atoms with Crippen molar-refractivity contribution < 1.29 is 14.2 Å². The lowest BCUT2D eigenvalue weighted by Gasteiger charge is -2.19. The van der Waals surface area contributed by atoms with Crippen molar-refractivity contribution in [3.05, 3.63) is 34.6 Å². The van der Waals surface area contributed by atoms with E-state index in [0.717, 1.165) is 11.3 Å². The van der Waals surface area contributed by atoms with Crippen LogP contribution in [0, 0.1) is 13.8 Å². The Morgan fingerprint density at radius 1 is 1.08 bits per heavy atom. The van der Waals surface area contributed by atoms with Crippen LogP contribution in [0.25, 0.3) is 0 Å². The van der Waals surface area contributed by atoms with Crippen molar-refractivity contribution in [2.75, 3.05) is 21.3 Å². The molecule has 0 spiro atoms. The van der Waals surface area contributed by atoms with Gasteiger partial charge in [-0.1, -0.05) is 6.07 Å². The lowest BCUT2D eigenvalue weighted by Crippen LogP contribution is -2.20. The van der Waals surface area contributed by atoms with Crippen LogP contribution in [0.5, 0.6) is 17.2 Å². The number of ether oxygens (including phenoxy) is 3. The average Bonchev–Trinajstić information content (AvgIpc) is 2.83. The summed E-state index contributed by atoms with van der Waals surface area (Å²) in [4.78, 5) is 0. The Hall–Kier alpha value is -2.21. The van der Waals surface area contributed by atoms with Crippen molar-refractivity contribution in [3.8, 4) is 17.2 Å². The fraction of sp³-hybridized carbons (Fsp3) is 0.500. The number of aromatic nitrogens is 2. The van der Waals surface area contributed by atoms with Gasteiger partial charge in [-0.15, -0.1) is 0 Å². The molecule has 0 aliphatic heterocycles. The van der Waals surface area contributed by atoms with Crippen LogP contribution >= 0.6 is 0 Å². The highest BCUT2D eigenvalue weighted by Gasteiger charge is 2.19. The van der Waals surface area contributed by atoms with Gasteiger partial charge in [0.1, 0.15) is 0 Å². The molecule has 0 saturated carbocycles. The molecule has 6 nitrogen and oxygen atoms in total. The zero-order valence-electron chi connectivity index (χ0n) is 15.6. The lowest BCUT2D eigenvalue weighted by atomic mass is 10.1. The topological polar surface area (TPSA) is 57.5 Å². The Morgan fingerprint density at radius 3 is 2.25 bits per heavy atom. The van der Waals surface area contributed by atoms with Crippen molar-refractivity contribution in [1.29, 1.82) is 0 Å². The summed E-state index contributed by atoms with van der Waals surface area (Å²) in [6.07, 6.45) is 0. The third kappa shape index (κ3) is 3.33. The smallest absolute Gasteiger partial charge is 0.203 e. The first-order valence-electron chi connectivity index (χ1n) is 7.95. The van der Waals surface area contributed by atoms with Crippen LogP contribution < -0.4 is 19.5 Å². The Kier molecular flexibility index (Phi) is 5.72. The predicted molar refractivity (Wildman–Crippen MR) is 94.0 cm³/mol. The first-order chi connectivity index (χ1) is 11.4. The van der Waals surface area contributed by atoms with Gasteiger partial charge in [0.25, 0.3) is 0 Å². The van der Waals surface area contributed by atoms with Crippen LogP contribution in [0.3, 0.4) is 0 Å². The summed E-state index contributed by atoms with van der Waals surface area (Å²) in [5, 5.41) is 8.03. The van der Waals surface area contributed by atoms with Gasteiger partial charge in [-0.2, -0.15) is 5.10 Å². The van der Waals surface area contributed by atoms with E-state index in [2.05, 4.69) is 24.3 Å². The van der Waals surface area contributed by atoms with Gasteiger partial charge in [-0.3, -0.25) is 4.68 Å². The molecule has 132 valence electrons. The second-order valence-corrected chi connectivity index (χ2v) is 5.80. The Balaban J connectivity index is 2.22. The molecule has 0 radical (unpaired) electrons. The number of nitrogens with one attached hydrogen (secondary N) is 1. The summed E-state index contributed by atoms with van der Waals surface area (Å²) in [6, 6.07) is 4.06. The van der Waals surface area contributed by atoms with Crippen LogP contribution in [0.4, 0.5) is 0 Å². The van der Waals surface area contributed by atoms with Gasteiger partial charge in [0.05, 0.1) is 27.0 Å². The summed E-state index contributed by atoms with van der Waals surface area (Å²) in [6.45, 7) is 6.92. The van der Waals surface area contributed by atoms with Gasteiger partial charge in [0.15, 0.2) is 11.5 Å². The zero-order chi connectivity index (χ0) is 17.9. The molecule has 0 amide bonds. The van der Waals surface area contributed by atoms with Crippen molar-refractivity contribution in [2.24, 2.45) is 7.05 Å². The Bertz CT molecular complexity index is 710. The number of hydrogen-bond donors (Lipinski definition) is 1. The van der Waals surface area contributed by atoms with Crippen LogP contribution in [0.1, 0.15) is 35.5 Å². The predicted octanol–water partition coefficient (Wildman–Crippen LogP) is 2.91. The number of nitrogens with zero attached hydrogens (tertiary/aromatic N) is 2. The maximum absolute atomic E-state index is 5.54. The van der Waals surface area contributed by atoms with Crippen LogP contribution in [0.2, 0.25) is 0 Å². The quantitative estimate of drug-likeness (QED) is 0.844. The van der Waals surface area contributed by atoms with E-state index in [0.29, 0.717) is 23.8 Å². The van der Waals surface area contributed by atoms with Gasteiger partial charge >= 0.3 is 0 Å². The summed E-state index contributed by atoms with van der Waals surface area (Å²) in [5.41, 5.74) is 4.47. The normalized spacial score (nSPS) is 12.1. The molecule has 6 heteroatoms. The number of hydrogen-bond acceptors (Lipinski definition) is 5. The summed E-state index contributed by atoms with van der Waals surface area (Å²) >= 11 is 0. The van der Waals surface area contributed by atoms with E-state index in [1.807, 2.05) is 30.8 Å². The Labute approximate surface area is 143 Å². The highest BCUT2D eigenvalue weighted by atomic mass is 16.5. The zero-order valence-corrected chi connectivity index (χ0v) is 15.6. The Morgan fingerprint density at radius 2 is 1.75 bits per heavy atom. The number of methoxy groups -OCH3 is 3. The molecule has 0 bridgehead atoms. The van der Waals surface area contributed by atoms with Gasteiger partial charge in [0, 0.05) is 36.5 Å². The minimum atomic E-state index is 0.177. The molecular formula is C18H27N3O3. The molecule has 2 aromatic rings. The first kappa shape index (κ1) is 18.1. The van der Waals surface area contributed by atoms with E-state index in [9.17, 15) is 0 Å². The highest BCUT2D eigenvalue weighted by molar-refractivity contribution is 5.55. The molecule has 1 aromatic heterocycles. The third-order valence-electron chi connectivity index (χ3n) is 4.38. The van der Waals surface area contributed by atoms with Crippen LogP contribution in [0.15, 0.2) is 12.1 Å². The van der Waals surface area contributed by atoms with E-state index >= 15 is 0 Å². The highest BCUT2D eigenvalue weighted by Crippen LogP contribution is 2.39. The molecule has 0 aliphatic carbocycles. The van der Waals surface area contributed by atoms with Crippen LogP contribution in [-0.4, -0.2) is 31.1 Å². The third-order valence-corrected chi connectivity index (χ3v) is 4.38. The fourth-order valence-electron chi connectivity index (χ4n) is 3.08. The minimum absolute atomic E-state index is 0.177. The second-order valence-electron chi connectivity index (χ2n) is 5.80. The van der Waals surface area contributed by atoms with E-state index in [1.165, 1.54) is 11.3 Å². The van der Waals surface area contributed by atoms with E-state index in [-0.39, 0.29) is 6.04 Å². The van der Waals surface area contributed by atoms with Crippen molar-refractivity contribution >= 4 is 0 Å². The number of aryl methyl sites for hydroxylation is 2. The van der Waals surface area contributed by atoms with Crippen molar-refractivity contribution in [3.63, 3.8) is 0 Å². The number of rotatable bonds is 7. The van der Waals surface area contributed by atoms with Gasteiger partial charge in [0.2, 0.25) is 5.75 Å². The van der Waals surface area contributed by atoms with Crippen molar-refractivity contribution in [1.82, 2.24) is 15.1 Å².